The van der Waals surface area contributed by atoms with E-state index in [-0.39, 0.29) is 5.88 Å². The summed E-state index contributed by atoms with van der Waals surface area (Å²) in [6, 6.07) is 3.49. The highest BCUT2D eigenvalue weighted by molar-refractivity contribution is 5.48. The van der Waals surface area contributed by atoms with Gasteiger partial charge < -0.3 is 19.9 Å². The Labute approximate surface area is 99.9 Å². The lowest BCUT2D eigenvalue weighted by Crippen LogP contribution is -2.11. The van der Waals surface area contributed by atoms with Crippen molar-refractivity contribution in [2.24, 2.45) is 0 Å². The quantitative estimate of drug-likeness (QED) is 0.697. The van der Waals surface area contributed by atoms with Crippen molar-refractivity contribution >= 4 is 5.69 Å². The zero-order valence-corrected chi connectivity index (χ0v) is 9.68. The highest BCUT2D eigenvalue weighted by Crippen LogP contribution is 2.16. The first-order valence-electron chi connectivity index (χ1n) is 5.13. The van der Waals surface area contributed by atoms with Gasteiger partial charge in [-0.1, -0.05) is 0 Å². The van der Waals surface area contributed by atoms with Gasteiger partial charge in [0.25, 0.3) is 0 Å². The first-order chi connectivity index (χ1) is 8.27. The Bertz CT molecular complexity index is 390. The lowest BCUT2D eigenvalue weighted by atomic mass is 10.3. The molecule has 6 nitrogen and oxygen atoms in total. The molecular weight excluding hydrogens is 222 g/mol. The van der Waals surface area contributed by atoms with Gasteiger partial charge in [0.1, 0.15) is 18.2 Å². The van der Waals surface area contributed by atoms with Gasteiger partial charge in [-0.15, -0.1) is 0 Å². The third-order valence-corrected chi connectivity index (χ3v) is 1.89. The Morgan fingerprint density at radius 2 is 2.12 bits per heavy atom. The zero-order valence-electron chi connectivity index (χ0n) is 9.68. The number of nitriles is 1. The molecule has 0 bridgehead atoms. The number of hydrogen-bond acceptors (Lipinski definition) is 6. The second-order valence-corrected chi connectivity index (χ2v) is 3.19. The van der Waals surface area contributed by atoms with E-state index in [9.17, 15) is 0 Å². The fraction of sp³-hybridized carbons (Fsp3) is 0.455. The number of nitrogen functional groups attached to an aromatic ring is 1. The van der Waals surface area contributed by atoms with Crippen LogP contribution in [0.1, 0.15) is 5.56 Å². The van der Waals surface area contributed by atoms with E-state index < -0.39 is 0 Å². The Balaban J connectivity index is 2.34. The number of methoxy groups -OCH3 is 1. The second kappa shape index (κ2) is 7.44. The Morgan fingerprint density at radius 1 is 1.35 bits per heavy atom. The van der Waals surface area contributed by atoms with E-state index in [1.165, 1.54) is 12.3 Å². The van der Waals surface area contributed by atoms with Gasteiger partial charge in [-0.05, 0) is 6.07 Å². The normalized spacial score (nSPS) is 9.88. The predicted octanol–water partition coefficient (Wildman–Crippen LogP) is 0.577. The summed E-state index contributed by atoms with van der Waals surface area (Å²) < 4.78 is 15.3. The van der Waals surface area contributed by atoms with E-state index in [2.05, 4.69) is 4.98 Å². The molecule has 2 N–H and O–H groups in total. The van der Waals surface area contributed by atoms with Crippen molar-refractivity contribution in [3.05, 3.63) is 17.8 Å². The van der Waals surface area contributed by atoms with Crippen LogP contribution in [-0.4, -0.2) is 38.5 Å². The minimum atomic E-state index is 0.275. The lowest BCUT2D eigenvalue weighted by Gasteiger charge is -2.07. The van der Waals surface area contributed by atoms with Crippen LogP contribution in [0.25, 0.3) is 0 Å². The van der Waals surface area contributed by atoms with E-state index in [0.717, 1.165) is 0 Å². The fourth-order valence-corrected chi connectivity index (χ4v) is 1.11. The summed E-state index contributed by atoms with van der Waals surface area (Å²) in [6.07, 6.45) is 1.45. The summed E-state index contributed by atoms with van der Waals surface area (Å²) in [4.78, 5) is 3.93. The van der Waals surface area contributed by atoms with Crippen LogP contribution in [0, 0.1) is 11.3 Å². The van der Waals surface area contributed by atoms with E-state index in [4.69, 9.17) is 25.2 Å². The van der Waals surface area contributed by atoms with Crippen molar-refractivity contribution in [3.8, 4) is 11.9 Å². The van der Waals surface area contributed by atoms with Crippen LogP contribution in [0.15, 0.2) is 12.3 Å². The maximum Gasteiger partial charge on any atom is 0.231 e. The minimum Gasteiger partial charge on any atom is -0.474 e. The number of nitrogens with two attached hydrogens (primary N) is 1. The molecule has 0 aliphatic rings. The van der Waals surface area contributed by atoms with Crippen LogP contribution in [0.4, 0.5) is 5.69 Å². The Hall–Kier alpha value is -1.84. The smallest absolute Gasteiger partial charge is 0.231 e. The Morgan fingerprint density at radius 3 is 2.82 bits per heavy atom. The molecule has 17 heavy (non-hydrogen) atoms. The molecule has 6 heteroatoms. The molecule has 1 aromatic rings. The molecule has 0 saturated heterocycles. The summed E-state index contributed by atoms with van der Waals surface area (Å²) in [7, 11) is 1.61. The van der Waals surface area contributed by atoms with Crippen molar-refractivity contribution in [1.29, 1.82) is 5.26 Å². The third kappa shape index (κ3) is 4.68. The maximum absolute atomic E-state index is 8.84. The lowest BCUT2D eigenvalue weighted by molar-refractivity contribution is 0.0536. The largest absolute Gasteiger partial charge is 0.474 e. The number of nitrogens with zero attached hydrogens (tertiary/aromatic N) is 2. The van der Waals surface area contributed by atoms with Crippen molar-refractivity contribution in [2.75, 3.05) is 39.3 Å². The number of rotatable bonds is 7. The summed E-state index contributed by atoms with van der Waals surface area (Å²) >= 11 is 0. The van der Waals surface area contributed by atoms with Gasteiger partial charge in [-0.2, -0.15) is 5.26 Å². The molecule has 1 heterocycles. The van der Waals surface area contributed by atoms with E-state index in [1.807, 2.05) is 6.07 Å². The minimum absolute atomic E-state index is 0.275. The summed E-state index contributed by atoms with van der Waals surface area (Å²) in [5, 5.41) is 8.84. The number of hydrogen-bond donors (Lipinski definition) is 1. The average Bonchev–Trinajstić information content (AvgIpc) is 2.35. The summed E-state index contributed by atoms with van der Waals surface area (Å²) in [5.41, 5.74) is 6.26. The molecule has 0 amide bonds. The van der Waals surface area contributed by atoms with Crippen molar-refractivity contribution in [3.63, 3.8) is 0 Å². The number of aromatic nitrogens is 1. The molecule has 0 radical (unpaired) electrons. The summed E-state index contributed by atoms with van der Waals surface area (Å²) in [6.45, 7) is 1.80. The molecule has 0 spiro atoms. The molecular formula is C11H15N3O3. The molecule has 0 aromatic carbocycles. The van der Waals surface area contributed by atoms with Crippen molar-refractivity contribution in [2.45, 2.75) is 0 Å². The molecule has 0 unspecified atom stereocenters. The maximum atomic E-state index is 8.84. The van der Waals surface area contributed by atoms with Gasteiger partial charge >= 0.3 is 0 Å². The molecule has 92 valence electrons. The first-order valence-corrected chi connectivity index (χ1v) is 5.13. The van der Waals surface area contributed by atoms with Crippen LogP contribution in [-0.2, 0) is 9.47 Å². The third-order valence-electron chi connectivity index (χ3n) is 1.89. The fourth-order valence-electron chi connectivity index (χ4n) is 1.11. The van der Waals surface area contributed by atoms with Gasteiger partial charge in [-0.25, -0.2) is 4.98 Å². The molecule has 0 saturated carbocycles. The van der Waals surface area contributed by atoms with Crippen LogP contribution >= 0.6 is 0 Å². The number of ether oxygens (including phenoxy) is 3. The standard InChI is InChI=1S/C11H15N3O3/c1-15-2-3-16-4-5-17-11-9(7-12)6-10(13)8-14-11/h6,8H,2-5,13H2,1H3. The van der Waals surface area contributed by atoms with E-state index in [1.54, 1.807) is 7.11 Å². The SMILES string of the molecule is COCCOCCOc1ncc(N)cc1C#N. The van der Waals surface area contributed by atoms with E-state index >= 15 is 0 Å². The Kier molecular flexibility index (Phi) is 5.79. The van der Waals surface area contributed by atoms with Crippen molar-refractivity contribution < 1.29 is 14.2 Å². The second-order valence-electron chi connectivity index (χ2n) is 3.19. The number of anilines is 1. The monoisotopic (exact) mass is 237 g/mol. The molecule has 1 rings (SSSR count). The molecule has 0 aliphatic carbocycles. The van der Waals surface area contributed by atoms with Crippen LogP contribution in [0.5, 0.6) is 5.88 Å². The van der Waals surface area contributed by atoms with Gasteiger partial charge in [-0.3, -0.25) is 0 Å². The predicted molar refractivity (Wildman–Crippen MR) is 61.6 cm³/mol. The summed E-state index contributed by atoms with van der Waals surface area (Å²) in [5.74, 6) is 0.275. The highest BCUT2D eigenvalue weighted by atomic mass is 16.5. The van der Waals surface area contributed by atoms with Gasteiger partial charge in [0.15, 0.2) is 0 Å². The van der Waals surface area contributed by atoms with Crippen molar-refractivity contribution in [1.82, 2.24) is 4.98 Å². The number of pyridine rings is 1. The van der Waals surface area contributed by atoms with Crippen LogP contribution < -0.4 is 10.5 Å². The molecule has 1 aromatic heterocycles. The topological polar surface area (TPSA) is 90.4 Å². The average molecular weight is 237 g/mol. The van der Waals surface area contributed by atoms with Gasteiger partial charge in [0, 0.05) is 7.11 Å². The zero-order chi connectivity index (χ0) is 12.5. The van der Waals surface area contributed by atoms with Gasteiger partial charge in [0.2, 0.25) is 5.88 Å². The van der Waals surface area contributed by atoms with Crippen LogP contribution in [0.3, 0.4) is 0 Å². The highest BCUT2D eigenvalue weighted by Gasteiger charge is 2.05. The molecule has 0 aliphatic heterocycles. The van der Waals surface area contributed by atoms with Crippen LogP contribution in [0.2, 0.25) is 0 Å². The first kappa shape index (κ1) is 13.2. The molecule has 0 fully saturated rings. The van der Waals surface area contributed by atoms with E-state index in [0.29, 0.717) is 37.7 Å². The molecule has 0 atom stereocenters. The van der Waals surface area contributed by atoms with Gasteiger partial charge in [0.05, 0.1) is 31.7 Å².